The van der Waals surface area contributed by atoms with Crippen LogP contribution in [0.1, 0.15) is 32.1 Å². The molecule has 1 fully saturated rings. The third kappa shape index (κ3) is 6.66. The molecule has 10 heavy (non-hydrogen) atoms. The van der Waals surface area contributed by atoms with Crippen molar-refractivity contribution in [1.29, 1.82) is 0 Å². The molecule has 1 rings (SSSR count). The summed E-state index contributed by atoms with van der Waals surface area (Å²) in [6, 6.07) is 0. The van der Waals surface area contributed by atoms with Gasteiger partial charge in [-0.05, 0) is 12.8 Å². The molecule has 0 aromatic rings. The smallest absolute Gasteiger partial charge is 0.132 e. The Kier molecular flexibility index (Phi) is 16.1. The minimum absolute atomic E-state index is 0. The van der Waals surface area contributed by atoms with E-state index in [-0.39, 0.29) is 37.2 Å². The van der Waals surface area contributed by atoms with E-state index < -0.39 is 0 Å². The summed E-state index contributed by atoms with van der Waals surface area (Å²) >= 11 is 0. The Balaban J connectivity index is -0.000000163. The van der Waals surface area contributed by atoms with Crippen molar-refractivity contribution in [2.45, 2.75) is 32.1 Å². The van der Waals surface area contributed by atoms with E-state index in [9.17, 15) is 4.79 Å². The molecule has 1 nitrogen and oxygen atoms in total. The second kappa shape index (κ2) is 9.54. The van der Waals surface area contributed by atoms with Crippen LogP contribution in [0.2, 0.25) is 0 Å². The van der Waals surface area contributed by atoms with Crippen LogP contribution in [0.4, 0.5) is 0 Å². The van der Waals surface area contributed by atoms with Crippen LogP contribution in [0.15, 0.2) is 0 Å². The van der Waals surface area contributed by atoms with E-state index in [0.29, 0.717) is 5.78 Å². The molecule has 1 aliphatic rings. The Hall–Kier alpha value is 0.540. The van der Waals surface area contributed by atoms with Gasteiger partial charge in [-0.25, -0.2) is 0 Å². The Morgan fingerprint density at radius 3 is 1.40 bits per heavy atom. The quantitative estimate of drug-likeness (QED) is 0.597. The minimum atomic E-state index is 0. The Morgan fingerprint density at radius 1 is 0.800 bits per heavy atom. The SMILES string of the molecule is Cl.Cl.Cl.O=C1CCCCC1. The number of rotatable bonds is 0. The fourth-order valence-electron chi connectivity index (χ4n) is 0.946. The van der Waals surface area contributed by atoms with Crippen LogP contribution in [0, 0.1) is 0 Å². The molecule has 0 N–H and O–H groups in total. The fourth-order valence-corrected chi connectivity index (χ4v) is 0.946. The maximum absolute atomic E-state index is 10.5. The summed E-state index contributed by atoms with van der Waals surface area (Å²) < 4.78 is 0. The number of carbonyl (C=O) groups excluding carboxylic acids is 1. The van der Waals surface area contributed by atoms with Crippen molar-refractivity contribution in [2.75, 3.05) is 0 Å². The highest BCUT2D eigenvalue weighted by molar-refractivity contribution is 5.86. The Bertz CT molecular complexity index is 77.1. The molecule has 4 heteroatoms. The molecule has 0 atom stereocenters. The van der Waals surface area contributed by atoms with Gasteiger partial charge in [-0.1, -0.05) is 6.42 Å². The average molecular weight is 208 g/mol. The molecule has 1 aliphatic carbocycles. The summed E-state index contributed by atoms with van der Waals surface area (Å²) in [6.07, 6.45) is 5.24. The van der Waals surface area contributed by atoms with Gasteiger partial charge in [0.2, 0.25) is 0 Å². The van der Waals surface area contributed by atoms with Gasteiger partial charge in [-0.15, -0.1) is 37.2 Å². The maximum Gasteiger partial charge on any atom is 0.132 e. The van der Waals surface area contributed by atoms with Gasteiger partial charge in [0.1, 0.15) is 5.78 Å². The van der Waals surface area contributed by atoms with Crippen molar-refractivity contribution in [1.82, 2.24) is 0 Å². The normalized spacial score (nSPS) is 15.8. The summed E-state index contributed by atoms with van der Waals surface area (Å²) in [5.74, 6) is 0.464. The van der Waals surface area contributed by atoms with Crippen LogP contribution in [0.25, 0.3) is 0 Å². The zero-order valence-corrected chi connectivity index (χ0v) is 8.12. The predicted molar refractivity (Wildman–Crippen MR) is 49.8 cm³/mol. The first-order valence-corrected chi connectivity index (χ1v) is 2.91. The highest BCUT2D eigenvalue weighted by atomic mass is 35.5. The molecule has 1 saturated carbocycles. The van der Waals surface area contributed by atoms with Crippen molar-refractivity contribution in [3.8, 4) is 0 Å². The standard InChI is InChI=1S/C6H10O.3ClH/c7-6-4-2-1-3-5-6;;;/h1-5H2;3*1H. The maximum atomic E-state index is 10.5. The first-order valence-electron chi connectivity index (χ1n) is 2.91. The van der Waals surface area contributed by atoms with Crippen LogP contribution >= 0.6 is 37.2 Å². The molecule has 0 unspecified atom stereocenters. The Morgan fingerprint density at radius 2 is 1.20 bits per heavy atom. The van der Waals surface area contributed by atoms with E-state index in [2.05, 4.69) is 0 Å². The van der Waals surface area contributed by atoms with Gasteiger partial charge in [-0.2, -0.15) is 0 Å². The second-order valence-electron chi connectivity index (χ2n) is 2.10. The van der Waals surface area contributed by atoms with Crippen molar-refractivity contribution in [3.63, 3.8) is 0 Å². The van der Waals surface area contributed by atoms with Gasteiger partial charge in [-0.3, -0.25) is 4.79 Å². The van der Waals surface area contributed by atoms with Crippen LogP contribution < -0.4 is 0 Å². The molecule has 0 radical (unpaired) electrons. The van der Waals surface area contributed by atoms with Crippen molar-refractivity contribution < 1.29 is 4.79 Å². The van der Waals surface area contributed by atoms with Crippen molar-refractivity contribution in [3.05, 3.63) is 0 Å². The molecule has 0 saturated heterocycles. The zero-order valence-electron chi connectivity index (χ0n) is 5.67. The molecule has 0 aromatic heterocycles. The fraction of sp³-hybridized carbons (Fsp3) is 0.833. The number of carbonyl (C=O) groups is 1. The van der Waals surface area contributed by atoms with E-state index in [0.717, 1.165) is 25.7 Å². The first-order chi connectivity index (χ1) is 3.39. The molecule has 64 valence electrons. The number of halogens is 3. The lowest BCUT2D eigenvalue weighted by atomic mass is 10.00. The lowest BCUT2D eigenvalue weighted by molar-refractivity contribution is -0.120. The molecule has 0 spiro atoms. The highest BCUT2D eigenvalue weighted by Crippen LogP contribution is 2.12. The van der Waals surface area contributed by atoms with E-state index >= 15 is 0 Å². The van der Waals surface area contributed by atoms with Crippen LogP contribution in [0.5, 0.6) is 0 Å². The van der Waals surface area contributed by atoms with Crippen LogP contribution in [-0.4, -0.2) is 5.78 Å². The zero-order chi connectivity index (χ0) is 5.11. The molecular weight excluding hydrogens is 194 g/mol. The molecular formula is C6H13Cl3O. The van der Waals surface area contributed by atoms with Crippen molar-refractivity contribution >= 4 is 43.0 Å². The van der Waals surface area contributed by atoms with Gasteiger partial charge >= 0.3 is 0 Å². The molecule has 0 amide bonds. The largest absolute Gasteiger partial charge is 0.300 e. The lowest BCUT2D eigenvalue weighted by Gasteiger charge is -2.05. The monoisotopic (exact) mass is 206 g/mol. The summed E-state index contributed by atoms with van der Waals surface area (Å²) in [7, 11) is 0. The van der Waals surface area contributed by atoms with E-state index in [1.165, 1.54) is 6.42 Å². The number of ketones is 1. The number of hydrogen-bond donors (Lipinski definition) is 0. The lowest BCUT2D eigenvalue weighted by Crippen LogP contribution is -2.02. The van der Waals surface area contributed by atoms with Crippen LogP contribution in [0.3, 0.4) is 0 Å². The molecule has 0 bridgehead atoms. The highest BCUT2D eigenvalue weighted by Gasteiger charge is 2.05. The van der Waals surface area contributed by atoms with E-state index in [1.54, 1.807) is 0 Å². The molecule has 0 aliphatic heterocycles. The minimum Gasteiger partial charge on any atom is -0.300 e. The van der Waals surface area contributed by atoms with Gasteiger partial charge in [0.25, 0.3) is 0 Å². The third-order valence-electron chi connectivity index (χ3n) is 1.41. The van der Waals surface area contributed by atoms with Crippen LogP contribution in [-0.2, 0) is 4.79 Å². The Labute approximate surface area is 80.2 Å². The molecule has 0 aromatic carbocycles. The number of hydrogen-bond acceptors (Lipinski definition) is 1. The van der Waals surface area contributed by atoms with Gasteiger partial charge in [0, 0.05) is 12.8 Å². The topological polar surface area (TPSA) is 17.1 Å². The van der Waals surface area contributed by atoms with Crippen molar-refractivity contribution in [2.24, 2.45) is 0 Å². The molecule has 0 heterocycles. The summed E-state index contributed by atoms with van der Waals surface area (Å²) in [4.78, 5) is 10.5. The predicted octanol–water partition coefficient (Wildman–Crippen LogP) is 2.79. The van der Waals surface area contributed by atoms with Gasteiger partial charge in [0.05, 0.1) is 0 Å². The van der Waals surface area contributed by atoms with Gasteiger partial charge < -0.3 is 0 Å². The number of Topliss-reactive ketones (excluding diaryl/α,β-unsaturated/α-hetero) is 1. The summed E-state index contributed by atoms with van der Waals surface area (Å²) in [6.45, 7) is 0. The summed E-state index contributed by atoms with van der Waals surface area (Å²) in [5, 5.41) is 0. The average Bonchev–Trinajstić information content (AvgIpc) is 1.69. The van der Waals surface area contributed by atoms with Gasteiger partial charge in [0.15, 0.2) is 0 Å². The first kappa shape index (κ1) is 16.9. The summed E-state index contributed by atoms with van der Waals surface area (Å²) in [5.41, 5.74) is 0. The second-order valence-corrected chi connectivity index (χ2v) is 2.10. The van der Waals surface area contributed by atoms with E-state index in [4.69, 9.17) is 0 Å². The van der Waals surface area contributed by atoms with E-state index in [1.807, 2.05) is 0 Å². The third-order valence-corrected chi connectivity index (χ3v) is 1.41.